The molecule has 0 aromatic heterocycles. The summed E-state index contributed by atoms with van der Waals surface area (Å²) >= 11 is 0. The van der Waals surface area contributed by atoms with Crippen LogP contribution in [-0.2, 0) is 9.59 Å². The topological polar surface area (TPSA) is 58.2 Å². The molecular weight excluding hydrogens is 240 g/mol. The Morgan fingerprint density at radius 1 is 1.42 bits per heavy atom. The van der Waals surface area contributed by atoms with Crippen LogP contribution in [0.15, 0.2) is 0 Å². The molecule has 0 unspecified atom stereocenters. The monoisotopic (exact) mass is 268 g/mol. The van der Waals surface area contributed by atoms with E-state index in [2.05, 4.69) is 24.5 Å². The van der Waals surface area contributed by atoms with E-state index in [0.717, 1.165) is 44.6 Å². The van der Waals surface area contributed by atoms with Crippen LogP contribution >= 0.6 is 0 Å². The summed E-state index contributed by atoms with van der Waals surface area (Å²) in [5.74, 6) is 0.743. The molecule has 1 aliphatic rings. The Labute approximate surface area is 116 Å². The Hall–Kier alpha value is -1.06. The first kappa shape index (κ1) is 16.0. The van der Waals surface area contributed by atoms with Gasteiger partial charge in [0.1, 0.15) is 6.04 Å². The predicted octanol–water partition coefficient (Wildman–Crippen LogP) is 2.38. The van der Waals surface area contributed by atoms with E-state index in [1.54, 1.807) is 0 Å². The van der Waals surface area contributed by atoms with Gasteiger partial charge in [0.2, 0.25) is 11.8 Å². The normalized spacial score (nSPS) is 21.4. The minimum absolute atomic E-state index is 0.0196. The van der Waals surface area contributed by atoms with Gasteiger partial charge in [0, 0.05) is 13.0 Å². The largest absolute Gasteiger partial charge is 0.354 e. The number of unbranched alkanes of at least 4 members (excludes halogenated alkanes) is 1. The van der Waals surface area contributed by atoms with Crippen LogP contribution in [0, 0.1) is 5.92 Å². The fraction of sp³-hybridized carbons (Fsp3) is 0.867. The van der Waals surface area contributed by atoms with Crippen molar-refractivity contribution >= 4 is 11.8 Å². The molecule has 1 heterocycles. The van der Waals surface area contributed by atoms with Crippen LogP contribution in [0.3, 0.4) is 0 Å². The Morgan fingerprint density at radius 3 is 2.95 bits per heavy atom. The van der Waals surface area contributed by atoms with Crippen molar-refractivity contribution in [2.24, 2.45) is 5.92 Å². The lowest BCUT2D eigenvalue weighted by molar-refractivity contribution is -0.128. The summed E-state index contributed by atoms with van der Waals surface area (Å²) in [6.07, 6.45) is 7.72. The highest BCUT2D eigenvalue weighted by Crippen LogP contribution is 2.12. The van der Waals surface area contributed by atoms with E-state index in [4.69, 9.17) is 0 Å². The van der Waals surface area contributed by atoms with Crippen molar-refractivity contribution in [3.8, 4) is 0 Å². The van der Waals surface area contributed by atoms with E-state index in [1.807, 2.05) is 0 Å². The number of nitrogens with one attached hydrogen (secondary N) is 2. The number of amides is 2. The Morgan fingerprint density at radius 2 is 2.21 bits per heavy atom. The van der Waals surface area contributed by atoms with E-state index in [-0.39, 0.29) is 17.9 Å². The van der Waals surface area contributed by atoms with Crippen molar-refractivity contribution in [1.82, 2.24) is 10.6 Å². The molecule has 0 radical (unpaired) electrons. The number of carbonyl (C=O) groups excluding carboxylic acids is 2. The highest BCUT2D eigenvalue weighted by atomic mass is 16.2. The van der Waals surface area contributed by atoms with Crippen molar-refractivity contribution < 1.29 is 9.59 Å². The highest BCUT2D eigenvalue weighted by molar-refractivity contribution is 5.87. The number of hydrogen-bond donors (Lipinski definition) is 2. The van der Waals surface area contributed by atoms with E-state index < -0.39 is 0 Å². The third kappa shape index (κ3) is 6.60. The van der Waals surface area contributed by atoms with Gasteiger partial charge in [-0.15, -0.1) is 0 Å². The first-order chi connectivity index (χ1) is 9.13. The maximum absolute atomic E-state index is 11.8. The van der Waals surface area contributed by atoms with Gasteiger partial charge in [0.15, 0.2) is 0 Å². The molecular formula is C15H28N2O2. The number of carbonyl (C=O) groups is 2. The van der Waals surface area contributed by atoms with E-state index >= 15 is 0 Å². The Balaban J connectivity index is 2.17. The minimum atomic E-state index is -0.315. The third-order valence-electron chi connectivity index (χ3n) is 3.92. The summed E-state index contributed by atoms with van der Waals surface area (Å²) in [6.45, 7) is 5.18. The van der Waals surface area contributed by atoms with Crippen molar-refractivity contribution in [1.29, 1.82) is 0 Å². The van der Waals surface area contributed by atoms with Crippen molar-refractivity contribution in [3.05, 3.63) is 0 Å². The molecule has 0 spiro atoms. The average molecular weight is 268 g/mol. The maximum Gasteiger partial charge on any atom is 0.242 e. The number of hydrogen-bond acceptors (Lipinski definition) is 2. The predicted molar refractivity (Wildman–Crippen MR) is 76.7 cm³/mol. The minimum Gasteiger partial charge on any atom is -0.354 e. The molecule has 1 aliphatic heterocycles. The molecule has 0 aliphatic carbocycles. The van der Waals surface area contributed by atoms with Crippen LogP contribution in [0.1, 0.15) is 65.2 Å². The van der Waals surface area contributed by atoms with Gasteiger partial charge in [0.25, 0.3) is 0 Å². The molecule has 0 aromatic rings. The molecule has 1 fully saturated rings. The fourth-order valence-electron chi connectivity index (χ4n) is 2.33. The van der Waals surface area contributed by atoms with Crippen LogP contribution < -0.4 is 10.6 Å². The van der Waals surface area contributed by atoms with Crippen LogP contribution in [0.4, 0.5) is 0 Å². The van der Waals surface area contributed by atoms with Gasteiger partial charge in [0.05, 0.1) is 0 Å². The lowest BCUT2D eigenvalue weighted by Gasteiger charge is -2.15. The molecule has 0 bridgehead atoms. The summed E-state index contributed by atoms with van der Waals surface area (Å²) in [6, 6.07) is -0.315. The molecule has 0 saturated carbocycles. The second-order valence-corrected chi connectivity index (χ2v) is 5.67. The van der Waals surface area contributed by atoms with Crippen molar-refractivity contribution in [3.63, 3.8) is 0 Å². The summed E-state index contributed by atoms with van der Waals surface area (Å²) < 4.78 is 0. The lowest BCUT2D eigenvalue weighted by Crippen LogP contribution is -2.45. The zero-order chi connectivity index (χ0) is 14.1. The van der Waals surface area contributed by atoms with Gasteiger partial charge in [-0.2, -0.15) is 0 Å². The van der Waals surface area contributed by atoms with E-state index in [9.17, 15) is 9.59 Å². The Bertz CT molecular complexity index is 292. The van der Waals surface area contributed by atoms with Crippen LogP contribution in [-0.4, -0.2) is 24.4 Å². The summed E-state index contributed by atoms with van der Waals surface area (Å²) in [4.78, 5) is 23.5. The van der Waals surface area contributed by atoms with Crippen molar-refractivity contribution in [2.45, 2.75) is 71.3 Å². The summed E-state index contributed by atoms with van der Waals surface area (Å²) in [5, 5.41) is 5.70. The van der Waals surface area contributed by atoms with Crippen LogP contribution in [0.5, 0.6) is 0 Å². The molecule has 1 rings (SSSR count). The quantitative estimate of drug-likeness (QED) is 0.696. The molecule has 4 nitrogen and oxygen atoms in total. The average Bonchev–Trinajstić information content (AvgIpc) is 2.60. The van der Waals surface area contributed by atoms with Crippen molar-refractivity contribution in [2.75, 3.05) is 6.54 Å². The molecule has 0 aromatic carbocycles. The van der Waals surface area contributed by atoms with Gasteiger partial charge in [-0.25, -0.2) is 0 Å². The molecule has 4 heteroatoms. The number of rotatable bonds is 7. The summed E-state index contributed by atoms with van der Waals surface area (Å²) in [5.41, 5.74) is 0. The molecule has 110 valence electrons. The van der Waals surface area contributed by atoms with Crippen LogP contribution in [0.2, 0.25) is 0 Å². The fourth-order valence-corrected chi connectivity index (χ4v) is 2.33. The van der Waals surface area contributed by atoms with Gasteiger partial charge < -0.3 is 10.6 Å². The molecule has 19 heavy (non-hydrogen) atoms. The zero-order valence-electron chi connectivity index (χ0n) is 12.3. The third-order valence-corrected chi connectivity index (χ3v) is 3.92. The first-order valence-electron chi connectivity index (χ1n) is 7.70. The van der Waals surface area contributed by atoms with Crippen LogP contribution in [0.25, 0.3) is 0 Å². The standard InChI is InChI=1S/C15H28N2O2/c1-3-12(2)8-4-5-10-14(18)17-13-9-6-7-11-16-15(13)19/h12-13H,3-11H2,1-2H3,(H,16,19)(H,17,18)/t12-,13-/m0/s1. The van der Waals surface area contributed by atoms with Gasteiger partial charge >= 0.3 is 0 Å². The SMILES string of the molecule is CC[C@H](C)CCCCC(=O)N[C@H]1CCCCNC1=O. The van der Waals surface area contributed by atoms with E-state index in [1.165, 1.54) is 12.8 Å². The van der Waals surface area contributed by atoms with Gasteiger partial charge in [-0.1, -0.05) is 33.1 Å². The zero-order valence-corrected chi connectivity index (χ0v) is 12.3. The van der Waals surface area contributed by atoms with Gasteiger partial charge in [-0.05, 0) is 31.6 Å². The molecule has 2 atom stereocenters. The smallest absolute Gasteiger partial charge is 0.242 e. The first-order valence-corrected chi connectivity index (χ1v) is 7.70. The van der Waals surface area contributed by atoms with E-state index in [0.29, 0.717) is 6.42 Å². The molecule has 2 amide bonds. The molecule has 1 saturated heterocycles. The summed E-state index contributed by atoms with van der Waals surface area (Å²) in [7, 11) is 0. The molecule has 2 N–H and O–H groups in total. The lowest BCUT2D eigenvalue weighted by atomic mass is 10.0. The second-order valence-electron chi connectivity index (χ2n) is 5.67. The highest BCUT2D eigenvalue weighted by Gasteiger charge is 2.21. The second kappa shape index (κ2) is 8.94. The van der Waals surface area contributed by atoms with Gasteiger partial charge in [-0.3, -0.25) is 9.59 Å². The Kier molecular flexibility index (Phi) is 7.53. The maximum atomic E-state index is 11.8.